The molecule has 0 radical (unpaired) electrons. The SMILES string of the molecule is CCCCOC(CC)OC(=O)CCCCCCCC(=O)OC(CC)OCCCC. The van der Waals surface area contributed by atoms with E-state index in [1.165, 1.54) is 0 Å². The van der Waals surface area contributed by atoms with Gasteiger partial charge in [-0.15, -0.1) is 0 Å². The fourth-order valence-electron chi connectivity index (χ4n) is 2.67. The highest BCUT2D eigenvalue weighted by Gasteiger charge is 2.13. The normalized spacial score (nSPS) is 13.1. The maximum Gasteiger partial charge on any atom is 0.308 e. The highest BCUT2D eigenvalue weighted by atomic mass is 16.7. The minimum atomic E-state index is -0.419. The molecular formula is C23H44O6. The van der Waals surface area contributed by atoms with E-state index in [1.54, 1.807) is 0 Å². The summed E-state index contributed by atoms with van der Waals surface area (Å²) in [7, 11) is 0. The third-order valence-electron chi connectivity index (χ3n) is 4.56. The van der Waals surface area contributed by atoms with Gasteiger partial charge in [-0.25, -0.2) is 0 Å². The lowest BCUT2D eigenvalue weighted by molar-refractivity contribution is -0.180. The molecule has 0 spiro atoms. The lowest BCUT2D eigenvalue weighted by Gasteiger charge is -2.17. The quantitative estimate of drug-likeness (QED) is 0.140. The summed E-state index contributed by atoms with van der Waals surface area (Å²) in [4.78, 5) is 23.7. The Morgan fingerprint density at radius 1 is 0.586 bits per heavy atom. The third kappa shape index (κ3) is 17.4. The van der Waals surface area contributed by atoms with Crippen molar-refractivity contribution < 1.29 is 28.5 Å². The molecule has 0 aromatic heterocycles. The zero-order valence-corrected chi connectivity index (χ0v) is 19.2. The van der Waals surface area contributed by atoms with Crippen LogP contribution in [-0.2, 0) is 28.5 Å². The van der Waals surface area contributed by atoms with E-state index < -0.39 is 12.6 Å². The van der Waals surface area contributed by atoms with Gasteiger partial charge in [0.25, 0.3) is 0 Å². The summed E-state index contributed by atoms with van der Waals surface area (Å²) in [5, 5.41) is 0. The Kier molecular flexibility index (Phi) is 19.4. The number of hydrogen-bond acceptors (Lipinski definition) is 6. The maximum atomic E-state index is 11.9. The Hall–Kier alpha value is -1.14. The number of ether oxygens (including phenoxy) is 4. The summed E-state index contributed by atoms with van der Waals surface area (Å²) >= 11 is 0. The molecule has 0 heterocycles. The number of carbonyl (C=O) groups excluding carboxylic acids is 2. The monoisotopic (exact) mass is 416 g/mol. The van der Waals surface area contributed by atoms with Crippen molar-refractivity contribution in [3.8, 4) is 0 Å². The molecule has 0 fully saturated rings. The molecule has 0 aliphatic rings. The van der Waals surface area contributed by atoms with Gasteiger partial charge in [0.15, 0.2) is 0 Å². The first-order valence-corrected chi connectivity index (χ1v) is 11.7. The standard InChI is InChI=1S/C23H44O6/c1-5-9-18-26-22(7-3)28-20(24)16-14-12-11-13-15-17-21(25)29-23(8-4)27-19-10-6-2/h22-23H,5-19H2,1-4H3. The Morgan fingerprint density at radius 2 is 0.966 bits per heavy atom. The molecule has 0 saturated carbocycles. The smallest absolute Gasteiger partial charge is 0.308 e. The molecule has 0 aliphatic carbocycles. The minimum absolute atomic E-state index is 0.189. The summed E-state index contributed by atoms with van der Waals surface area (Å²) < 4.78 is 21.8. The van der Waals surface area contributed by atoms with E-state index in [1.807, 2.05) is 13.8 Å². The highest BCUT2D eigenvalue weighted by molar-refractivity contribution is 5.69. The second-order valence-electron chi connectivity index (χ2n) is 7.37. The lowest BCUT2D eigenvalue weighted by Crippen LogP contribution is -2.21. The van der Waals surface area contributed by atoms with Gasteiger partial charge >= 0.3 is 11.9 Å². The van der Waals surface area contributed by atoms with Crippen molar-refractivity contribution in [2.45, 2.75) is 124 Å². The van der Waals surface area contributed by atoms with Crippen molar-refractivity contribution in [2.75, 3.05) is 13.2 Å². The number of esters is 2. The van der Waals surface area contributed by atoms with Crippen LogP contribution in [0.3, 0.4) is 0 Å². The second-order valence-corrected chi connectivity index (χ2v) is 7.37. The zero-order chi connectivity index (χ0) is 21.7. The van der Waals surface area contributed by atoms with Crippen LogP contribution in [0.4, 0.5) is 0 Å². The molecule has 172 valence electrons. The van der Waals surface area contributed by atoms with Crippen LogP contribution in [0.25, 0.3) is 0 Å². The Morgan fingerprint density at radius 3 is 1.31 bits per heavy atom. The van der Waals surface area contributed by atoms with E-state index >= 15 is 0 Å². The molecule has 0 aliphatic heterocycles. The molecule has 0 amide bonds. The molecule has 2 unspecified atom stereocenters. The number of carbonyl (C=O) groups is 2. The lowest BCUT2D eigenvalue weighted by atomic mass is 10.1. The van der Waals surface area contributed by atoms with Gasteiger partial charge in [0.05, 0.1) is 13.2 Å². The highest BCUT2D eigenvalue weighted by Crippen LogP contribution is 2.11. The van der Waals surface area contributed by atoms with Crippen LogP contribution in [0, 0.1) is 0 Å². The van der Waals surface area contributed by atoms with E-state index in [-0.39, 0.29) is 11.9 Å². The van der Waals surface area contributed by atoms with Gasteiger partial charge in [-0.2, -0.15) is 0 Å². The van der Waals surface area contributed by atoms with Crippen molar-refractivity contribution in [1.82, 2.24) is 0 Å². The molecule has 0 N–H and O–H groups in total. The van der Waals surface area contributed by atoms with Crippen LogP contribution in [0.5, 0.6) is 0 Å². The van der Waals surface area contributed by atoms with E-state index in [0.717, 1.165) is 57.8 Å². The van der Waals surface area contributed by atoms with Crippen molar-refractivity contribution >= 4 is 11.9 Å². The first-order chi connectivity index (χ1) is 14.1. The predicted octanol–water partition coefficient (Wildman–Crippen LogP) is 5.91. The molecule has 2 atom stereocenters. The van der Waals surface area contributed by atoms with Gasteiger partial charge in [0.1, 0.15) is 0 Å². The van der Waals surface area contributed by atoms with Gasteiger partial charge in [-0.3, -0.25) is 9.59 Å². The Bertz CT molecular complexity index is 363. The fourth-order valence-corrected chi connectivity index (χ4v) is 2.67. The summed E-state index contributed by atoms with van der Waals surface area (Å²) in [5.41, 5.74) is 0. The Balaban J connectivity index is 3.68. The van der Waals surface area contributed by atoms with Crippen LogP contribution in [0.15, 0.2) is 0 Å². The third-order valence-corrected chi connectivity index (χ3v) is 4.56. The van der Waals surface area contributed by atoms with Gasteiger partial charge in [-0.05, 0) is 25.7 Å². The van der Waals surface area contributed by atoms with Crippen molar-refractivity contribution in [1.29, 1.82) is 0 Å². The second kappa shape index (κ2) is 20.1. The number of unbranched alkanes of at least 4 members (excludes halogenated alkanes) is 6. The Labute approximate surface area is 178 Å². The molecule has 0 aromatic carbocycles. The molecule has 29 heavy (non-hydrogen) atoms. The van der Waals surface area contributed by atoms with Crippen LogP contribution in [0.2, 0.25) is 0 Å². The van der Waals surface area contributed by atoms with Crippen LogP contribution >= 0.6 is 0 Å². The van der Waals surface area contributed by atoms with E-state index in [2.05, 4.69) is 13.8 Å². The van der Waals surface area contributed by atoms with Crippen molar-refractivity contribution in [2.24, 2.45) is 0 Å². The average Bonchev–Trinajstić information content (AvgIpc) is 2.71. The van der Waals surface area contributed by atoms with Gasteiger partial charge in [-0.1, -0.05) is 59.8 Å². The van der Waals surface area contributed by atoms with Gasteiger partial charge in [0.2, 0.25) is 12.6 Å². The molecule has 0 saturated heterocycles. The fraction of sp³-hybridized carbons (Fsp3) is 0.913. The molecule has 6 heteroatoms. The molecule has 0 bridgehead atoms. The topological polar surface area (TPSA) is 71.1 Å². The van der Waals surface area contributed by atoms with Crippen LogP contribution < -0.4 is 0 Å². The molecule has 0 rings (SSSR count). The summed E-state index contributed by atoms with van der Waals surface area (Å²) in [6.45, 7) is 9.38. The zero-order valence-electron chi connectivity index (χ0n) is 19.2. The van der Waals surface area contributed by atoms with Crippen molar-refractivity contribution in [3.63, 3.8) is 0 Å². The van der Waals surface area contributed by atoms with Crippen LogP contribution in [0.1, 0.15) is 111 Å². The maximum absolute atomic E-state index is 11.9. The van der Waals surface area contributed by atoms with E-state index in [9.17, 15) is 9.59 Å². The summed E-state index contributed by atoms with van der Waals surface area (Å²) in [6, 6.07) is 0. The molecule has 0 aromatic rings. The van der Waals surface area contributed by atoms with Crippen molar-refractivity contribution in [3.05, 3.63) is 0 Å². The largest absolute Gasteiger partial charge is 0.436 e. The molecule has 6 nitrogen and oxygen atoms in total. The minimum Gasteiger partial charge on any atom is -0.436 e. The first-order valence-electron chi connectivity index (χ1n) is 11.7. The number of hydrogen-bond donors (Lipinski definition) is 0. The first kappa shape index (κ1) is 27.9. The van der Waals surface area contributed by atoms with Gasteiger partial charge in [0, 0.05) is 25.7 Å². The average molecular weight is 417 g/mol. The molecular weight excluding hydrogens is 372 g/mol. The van der Waals surface area contributed by atoms with Crippen LogP contribution in [-0.4, -0.2) is 37.7 Å². The number of rotatable bonds is 20. The van der Waals surface area contributed by atoms with Gasteiger partial charge < -0.3 is 18.9 Å². The predicted molar refractivity (Wildman–Crippen MR) is 114 cm³/mol. The van der Waals surface area contributed by atoms with E-state index in [0.29, 0.717) is 38.9 Å². The van der Waals surface area contributed by atoms with E-state index in [4.69, 9.17) is 18.9 Å². The summed E-state index contributed by atoms with van der Waals surface area (Å²) in [6.07, 6.45) is 9.95. The summed E-state index contributed by atoms with van der Waals surface area (Å²) in [5.74, 6) is -0.379.